The van der Waals surface area contributed by atoms with Gasteiger partial charge in [-0.3, -0.25) is 4.98 Å². The second kappa shape index (κ2) is 4.42. The molecule has 0 radical (unpaired) electrons. The van der Waals surface area contributed by atoms with Crippen molar-refractivity contribution >= 4 is 15.9 Å². The van der Waals surface area contributed by atoms with Crippen LogP contribution in [-0.4, -0.2) is 4.98 Å². The Morgan fingerprint density at radius 1 is 1.33 bits per heavy atom. The molecule has 1 heterocycles. The molecule has 0 unspecified atom stereocenters. The van der Waals surface area contributed by atoms with Gasteiger partial charge in [0.15, 0.2) is 0 Å². The van der Waals surface area contributed by atoms with Gasteiger partial charge >= 0.3 is 6.18 Å². The van der Waals surface area contributed by atoms with Crippen LogP contribution in [0.4, 0.5) is 22.0 Å². The molecule has 0 saturated carbocycles. The minimum Gasteiger partial charge on any atom is -0.254 e. The van der Waals surface area contributed by atoms with Gasteiger partial charge in [0.05, 0.1) is 5.56 Å². The summed E-state index contributed by atoms with van der Waals surface area (Å²) in [5.74, 6) is 0. The van der Waals surface area contributed by atoms with Crippen molar-refractivity contribution < 1.29 is 22.0 Å². The summed E-state index contributed by atoms with van der Waals surface area (Å²) in [6.45, 7) is 0. The summed E-state index contributed by atoms with van der Waals surface area (Å²) in [6, 6.07) is 0.670. The molecule has 0 fully saturated rings. The lowest BCUT2D eigenvalue weighted by atomic mass is 10.1. The molecule has 0 aliphatic carbocycles. The summed E-state index contributed by atoms with van der Waals surface area (Å²) in [5.41, 5.74) is -1.80. The maximum atomic E-state index is 12.3. The summed E-state index contributed by atoms with van der Waals surface area (Å²) >= 11 is 2.84. The van der Waals surface area contributed by atoms with Crippen molar-refractivity contribution in [3.05, 3.63) is 29.1 Å². The Hall–Kier alpha value is -0.720. The second-order valence-corrected chi connectivity index (χ2v) is 3.26. The summed E-state index contributed by atoms with van der Waals surface area (Å²) in [7, 11) is 0. The maximum Gasteiger partial charge on any atom is 0.417 e. The van der Waals surface area contributed by atoms with Crippen molar-refractivity contribution in [1.82, 2.24) is 4.98 Å². The van der Waals surface area contributed by atoms with Gasteiger partial charge in [0.1, 0.15) is 5.69 Å². The highest BCUT2D eigenvalue weighted by Crippen LogP contribution is 2.32. The first-order chi connectivity index (χ1) is 6.86. The van der Waals surface area contributed by atoms with Gasteiger partial charge in [-0.25, -0.2) is 8.78 Å². The molecule has 0 spiro atoms. The molecule has 1 aromatic heterocycles. The average molecular weight is 290 g/mol. The van der Waals surface area contributed by atoms with E-state index < -0.39 is 23.9 Å². The fourth-order valence-electron chi connectivity index (χ4n) is 0.979. The highest BCUT2D eigenvalue weighted by molar-refractivity contribution is 9.08. The van der Waals surface area contributed by atoms with Crippen molar-refractivity contribution in [2.24, 2.45) is 0 Å². The minimum atomic E-state index is -4.56. The molecule has 0 aliphatic heterocycles. The lowest BCUT2D eigenvalue weighted by Crippen LogP contribution is -2.08. The second-order valence-electron chi connectivity index (χ2n) is 2.70. The van der Waals surface area contributed by atoms with Gasteiger partial charge in [-0.05, 0) is 11.6 Å². The van der Waals surface area contributed by atoms with Gasteiger partial charge in [0.2, 0.25) is 0 Å². The Morgan fingerprint density at radius 2 is 1.93 bits per heavy atom. The van der Waals surface area contributed by atoms with E-state index in [0.29, 0.717) is 12.3 Å². The van der Waals surface area contributed by atoms with Crippen LogP contribution in [0, 0.1) is 0 Å². The Balaban J connectivity index is 3.19. The molecule has 1 rings (SSSR count). The molecule has 0 aliphatic rings. The van der Waals surface area contributed by atoms with Crippen molar-refractivity contribution in [1.29, 1.82) is 0 Å². The van der Waals surface area contributed by atoms with Crippen molar-refractivity contribution in [2.45, 2.75) is 17.9 Å². The molecule has 0 atom stereocenters. The fourth-order valence-corrected chi connectivity index (χ4v) is 1.43. The monoisotopic (exact) mass is 289 g/mol. The van der Waals surface area contributed by atoms with Gasteiger partial charge in [-0.2, -0.15) is 13.2 Å². The fraction of sp³-hybridized carbons (Fsp3) is 0.375. The third-order valence-corrected chi connectivity index (χ3v) is 2.28. The van der Waals surface area contributed by atoms with E-state index in [4.69, 9.17) is 0 Å². The molecule has 0 saturated heterocycles. The van der Waals surface area contributed by atoms with Gasteiger partial charge < -0.3 is 0 Å². The highest BCUT2D eigenvalue weighted by atomic mass is 79.9. The van der Waals surface area contributed by atoms with Crippen molar-refractivity contribution in [3.8, 4) is 0 Å². The number of halogens is 6. The van der Waals surface area contributed by atoms with Crippen molar-refractivity contribution in [3.63, 3.8) is 0 Å². The van der Waals surface area contributed by atoms with E-state index in [2.05, 4.69) is 20.9 Å². The molecule has 1 nitrogen and oxygen atoms in total. The van der Waals surface area contributed by atoms with Crippen LogP contribution in [0.1, 0.15) is 23.2 Å². The SMILES string of the molecule is FC(F)c1ncc(C(F)(F)F)cc1CBr. The molecule has 0 N–H and O–H groups in total. The molecule has 7 heteroatoms. The molecule has 0 amide bonds. The van der Waals surface area contributed by atoms with E-state index in [1.54, 1.807) is 0 Å². The Kier molecular flexibility index (Phi) is 3.64. The average Bonchev–Trinajstić information content (AvgIpc) is 2.15. The van der Waals surface area contributed by atoms with E-state index in [0.717, 1.165) is 0 Å². The molecule has 0 aromatic carbocycles. The third-order valence-electron chi connectivity index (χ3n) is 1.68. The minimum absolute atomic E-state index is 0.0937. The van der Waals surface area contributed by atoms with Crippen LogP contribution in [0.2, 0.25) is 0 Å². The first kappa shape index (κ1) is 12.4. The van der Waals surface area contributed by atoms with Crippen LogP contribution >= 0.6 is 15.9 Å². The first-order valence-electron chi connectivity index (χ1n) is 3.76. The molecule has 1 aromatic rings. The molecular formula is C8H5BrF5N. The molecule has 15 heavy (non-hydrogen) atoms. The van der Waals surface area contributed by atoms with E-state index in [1.165, 1.54) is 0 Å². The summed E-state index contributed by atoms with van der Waals surface area (Å²) in [4.78, 5) is 3.12. The number of aromatic nitrogens is 1. The number of pyridine rings is 1. The molecule has 0 bridgehead atoms. The summed E-state index contributed by atoms with van der Waals surface area (Å²) in [5, 5.41) is -0.0937. The zero-order chi connectivity index (χ0) is 11.6. The quantitative estimate of drug-likeness (QED) is 0.594. The number of hydrogen-bond acceptors (Lipinski definition) is 1. The predicted octanol–water partition coefficient (Wildman–Crippen LogP) is 3.93. The zero-order valence-electron chi connectivity index (χ0n) is 7.15. The Labute approximate surface area is 90.4 Å². The lowest BCUT2D eigenvalue weighted by Gasteiger charge is -2.10. The molecule has 84 valence electrons. The summed E-state index contributed by atoms with van der Waals surface area (Å²) < 4.78 is 61.1. The number of alkyl halides is 6. The van der Waals surface area contributed by atoms with Gasteiger partial charge in [-0.15, -0.1) is 0 Å². The third kappa shape index (κ3) is 2.87. The van der Waals surface area contributed by atoms with Crippen LogP contribution < -0.4 is 0 Å². The number of hydrogen-bond donors (Lipinski definition) is 0. The first-order valence-corrected chi connectivity index (χ1v) is 4.88. The molecular weight excluding hydrogens is 285 g/mol. The van der Waals surface area contributed by atoms with Crippen LogP contribution in [-0.2, 0) is 11.5 Å². The van der Waals surface area contributed by atoms with Crippen LogP contribution in [0.5, 0.6) is 0 Å². The highest BCUT2D eigenvalue weighted by Gasteiger charge is 2.32. The lowest BCUT2D eigenvalue weighted by molar-refractivity contribution is -0.137. The van der Waals surface area contributed by atoms with Crippen LogP contribution in [0.25, 0.3) is 0 Å². The van der Waals surface area contributed by atoms with Crippen LogP contribution in [0.3, 0.4) is 0 Å². The zero-order valence-corrected chi connectivity index (χ0v) is 8.74. The van der Waals surface area contributed by atoms with E-state index in [1.807, 2.05) is 0 Å². The van der Waals surface area contributed by atoms with Crippen LogP contribution in [0.15, 0.2) is 12.3 Å². The number of rotatable bonds is 2. The van der Waals surface area contributed by atoms with E-state index in [-0.39, 0.29) is 10.9 Å². The maximum absolute atomic E-state index is 12.3. The van der Waals surface area contributed by atoms with Gasteiger partial charge in [0, 0.05) is 11.5 Å². The van der Waals surface area contributed by atoms with E-state index >= 15 is 0 Å². The predicted molar refractivity (Wildman–Crippen MR) is 46.8 cm³/mol. The Bertz CT molecular complexity index is 349. The van der Waals surface area contributed by atoms with Gasteiger partial charge in [-0.1, -0.05) is 15.9 Å². The largest absolute Gasteiger partial charge is 0.417 e. The Morgan fingerprint density at radius 3 is 2.33 bits per heavy atom. The smallest absolute Gasteiger partial charge is 0.254 e. The van der Waals surface area contributed by atoms with E-state index in [9.17, 15) is 22.0 Å². The van der Waals surface area contributed by atoms with Gasteiger partial charge in [0.25, 0.3) is 6.43 Å². The summed E-state index contributed by atoms with van der Waals surface area (Å²) in [6.07, 6.45) is -7.03. The standard InChI is InChI=1S/C8H5BrF5N/c9-2-4-1-5(8(12,13)14)3-15-6(4)7(10)11/h1,3,7H,2H2. The number of nitrogens with zero attached hydrogens (tertiary/aromatic N) is 1. The van der Waals surface area contributed by atoms with Crippen molar-refractivity contribution in [2.75, 3.05) is 0 Å². The normalized spacial score (nSPS) is 12.2. The topological polar surface area (TPSA) is 12.9 Å².